The number of hydrogen-bond donors (Lipinski definition) is 1. The number of amides is 2. The van der Waals surface area contributed by atoms with Crippen molar-refractivity contribution in [3.8, 4) is 0 Å². The number of carbonyl (C=O) groups is 2. The molecule has 26 heavy (non-hydrogen) atoms. The van der Waals surface area contributed by atoms with Gasteiger partial charge in [0.1, 0.15) is 0 Å². The zero-order valence-electron chi connectivity index (χ0n) is 13.7. The van der Waals surface area contributed by atoms with Crippen LogP contribution in [0.5, 0.6) is 0 Å². The first-order valence-corrected chi connectivity index (χ1v) is 8.75. The van der Waals surface area contributed by atoms with Crippen LogP contribution in [0.4, 0.5) is 5.69 Å². The van der Waals surface area contributed by atoms with E-state index in [1.807, 2.05) is 10.8 Å². The molecule has 1 saturated heterocycles. The number of carbonyl (C=O) groups excluding carboxylic acids is 2. The van der Waals surface area contributed by atoms with Crippen LogP contribution in [0.1, 0.15) is 6.42 Å². The maximum Gasteiger partial charge on any atom is 0.251 e. The Hall–Kier alpha value is -2.58. The third-order valence-electron chi connectivity index (χ3n) is 3.80. The van der Waals surface area contributed by atoms with Gasteiger partial charge in [-0.2, -0.15) is 0 Å². The van der Waals surface area contributed by atoms with E-state index in [2.05, 4.69) is 15.3 Å². The highest BCUT2D eigenvalue weighted by molar-refractivity contribution is 7.80. The van der Waals surface area contributed by atoms with E-state index in [4.69, 9.17) is 23.8 Å². The molecule has 0 radical (unpaired) electrons. The summed E-state index contributed by atoms with van der Waals surface area (Å²) >= 11 is 11.0. The molecule has 7 nitrogen and oxygen atoms in total. The van der Waals surface area contributed by atoms with Crippen LogP contribution in [0.2, 0.25) is 5.02 Å². The number of nitrogens with zero attached hydrogens (tertiary/aromatic N) is 4. The van der Waals surface area contributed by atoms with Crippen molar-refractivity contribution in [3.63, 3.8) is 0 Å². The van der Waals surface area contributed by atoms with Crippen molar-refractivity contribution in [3.05, 3.63) is 48.0 Å². The van der Waals surface area contributed by atoms with E-state index < -0.39 is 17.7 Å². The molecular formula is C17H16ClN5O2S. The van der Waals surface area contributed by atoms with Crippen molar-refractivity contribution < 1.29 is 9.59 Å². The van der Waals surface area contributed by atoms with Crippen LogP contribution in [0.25, 0.3) is 0 Å². The number of imidazole rings is 1. The number of nitrogens with one attached hydrogen (secondary N) is 1. The minimum Gasteiger partial charge on any atom is -0.337 e. The lowest BCUT2D eigenvalue weighted by Gasteiger charge is -2.30. The summed E-state index contributed by atoms with van der Waals surface area (Å²) in [4.78, 5) is 34.3. The van der Waals surface area contributed by atoms with E-state index in [9.17, 15) is 9.59 Å². The number of rotatable bonds is 6. The maximum absolute atomic E-state index is 12.7. The van der Waals surface area contributed by atoms with Gasteiger partial charge < -0.3 is 9.88 Å². The molecule has 134 valence electrons. The molecule has 9 heteroatoms. The molecule has 3 rings (SSSR count). The monoisotopic (exact) mass is 389 g/mol. The lowest BCUT2D eigenvalue weighted by Crippen LogP contribution is -2.58. The first-order chi connectivity index (χ1) is 12.6. The van der Waals surface area contributed by atoms with Crippen molar-refractivity contribution in [1.82, 2.24) is 14.9 Å². The highest BCUT2D eigenvalue weighted by atomic mass is 35.5. The topological polar surface area (TPSA) is 79.6 Å². The smallest absolute Gasteiger partial charge is 0.251 e. The van der Waals surface area contributed by atoms with Crippen LogP contribution in [0.15, 0.2) is 48.0 Å². The zero-order chi connectivity index (χ0) is 18.5. The van der Waals surface area contributed by atoms with Gasteiger partial charge in [-0.05, 0) is 42.9 Å². The molecule has 1 aromatic heterocycles. The largest absolute Gasteiger partial charge is 0.337 e. The van der Waals surface area contributed by atoms with Crippen LogP contribution >= 0.6 is 23.8 Å². The summed E-state index contributed by atoms with van der Waals surface area (Å²) in [5.41, 5.74) is 0.544. The predicted octanol–water partition coefficient (Wildman–Crippen LogP) is 2.06. The van der Waals surface area contributed by atoms with Crippen LogP contribution in [0.3, 0.4) is 0 Å². The SMILES string of the molecule is O=C1NC(=S)N(c2ccc(Cl)cc2)C(=O)[C@@H]1C=NCCCn1ccnc1. The van der Waals surface area contributed by atoms with Gasteiger partial charge in [0.15, 0.2) is 11.0 Å². The fourth-order valence-corrected chi connectivity index (χ4v) is 2.92. The van der Waals surface area contributed by atoms with Crippen molar-refractivity contribution >= 4 is 52.6 Å². The number of aliphatic imine (C=N–C) groups is 1. The summed E-state index contributed by atoms with van der Waals surface area (Å²) in [7, 11) is 0. The molecule has 0 saturated carbocycles. The molecule has 0 spiro atoms. The van der Waals surface area contributed by atoms with E-state index in [1.165, 1.54) is 11.1 Å². The average molecular weight is 390 g/mol. The number of anilines is 1. The number of halogens is 1. The van der Waals surface area contributed by atoms with Gasteiger partial charge in [0.25, 0.3) is 5.91 Å². The number of aromatic nitrogens is 2. The van der Waals surface area contributed by atoms with E-state index in [0.29, 0.717) is 17.3 Å². The van der Waals surface area contributed by atoms with Crippen molar-refractivity contribution in [2.45, 2.75) is 13.0 Å². The van der Waals surface area contributed by atoms with Gasteiger partial charge in [0.2, 0.25) is 5.91 Å². The number of aryl methyl sites for hydroxylation is 1. The number of hydrogen-bond acceptors (Lipinski definition) is 5. The van der Waals surface area contributed by atoms with Crippen LogP contribution < -0.4 is 10.2 Å². The summed E-state index contributed by atoms with van der Waals surface area (Å²) in [6, 6.07) is 6.65. The molecule has 1 fully saturated rings. The normalized spacial score (nSPS) is 17.8. The maximum atomic E-state index is 12.7. The fourth-order valence-electron chi connectivity index (χ4n) is 2.50. The summed E-state index contributed by atoms with van der Waals surface area (Å²) in [5.74, 6) is -1.91. The van der Waals surface area contributed by atoms with Crippen molar-refractivity contribution in [1.29, 1.82) is 0 Å². The quantitative estimate of drug-likeness (QED) is 0.355. The molecule has 0 unspecified atom stereocenters. The fraction of sp³-hybridized carbons (Fsp3) is 0.235. The highest BCUT2D eigenvalue weighted by Crippen LogP contribution is 2.22. The molecule has 2 amide bonds. The van der Waals surface area contributed by atoms with Gasteiger partial charge >= 0.3 is 0 Å². The first-order valence-electron chi connectivity index (χ1n) is 7.96. The molecule has 1 aliphatic heterocycles. The van der Waals surface area contributed by atoms with Crippen LogP contribution in [-0.4, -0.2) is 39.2 Å². The Morgan fingerprint density at radius 2 is 2.08 bits per heavy atom. The molecule has 2 heterocycles. The first kappa shape index (κ1) is 18.2. The van der Waals surface area contributed by atoms with Crippen LogP contribution in [0, 0.1) is 5.92 Å². The molecule has 1 aromatic carbocycles. The minimum atomic E-state index is -1.01. The van der Waals surface area contributed by atoms with Crippen molar-refractivity contribution in [2.75, 3.05) is 11.4 Å². The summed E-state index contributed by atoms with van der Waals surface area (Å²) in [6.07, 6.45) is 7.47. The average Bonchev–Trinajstić information content (AvgIpc) is 3.12. The Bertz CT molecular complexity index is 835. The molecule has 2 aromatic rings. The standard InChI is InChI=1S/C17H16ClN5O2S/c18-12-2-4-13(5-3-12)23-16(25)14(15(24)21-17(23)26)10-19-6-1-8-22-9-7-20-11-22/h2-5,7,9-11,14H,1,6,8H2,(H,21,24,26)/t14-/m1/s1. The van der Waals surface area contributed by atoms with E-state index in [0.717, 1.165) is 13.0 Å². The van der Waals surface area contributed by atoms with Crippen molar-refractivity contribution in [2.24, 2.45) is 10.9 Å². The molecular weight excluding hydrogens is 374 g/mol. The second-order valence-electron chi connectivity index (χ2n) is 5.63. The van der Waals surface area contributed by atoms with E-state index >= 15 is 0 Å². The molecule has 0 bridgehead atoms. The Balaban J connectivity index is 1.65. The van der Waals surface area contributed by atoms with Crippen LogP contribution in [-0.2, 0) is 16.1 Å². The van der Waals surface area contributed by atoms with Gasteiger partial charge in [-0.15, -0.1) is 0 Å². The lowest BCUT2D eigenvalue weighted by molar-refractivity contribution is -0.130. The van der Waals surface area contributed by atoms with E-state index in [-0.39, 0.29) is 5.11 Å². The summed E-state index contributed by atoms with van der Waals surface area (Å²) < 4.78 is 1.94. The van der Waals surface area contributed by atoms with Gasteiger partial charge in [-0.1, -0.05) is 11.6 Å². The number of benzene rings is 1. The summed E-state index contributed by atoms with van der Waals surface area (Å²) in [6.45, 7) is 1.27. The second-order valence-corrected chi connectivity index (χ2v) is 6.45. The third kappa shape index (κ3) is 4.14. The van der Waals surface area contributed by atoms with Gasteiger partial charge in [0.05, 0.1) is 12.0 Å². The summed E-state index contributed by atoms with van der Waals surface area (Å²) in [5, 5.41) is 3.14. The molecule has 0 aliphatic carbocycles. The predicted molar refractivity (Wildman–Crippen MR) is 103 cm³/mol. The lowest BCUT2D eigenvalue weighted by atomic mass is 10.1. The second kappa shape index (κ2) is 8.20. The molecule has 1 atom stereocenters. The highest BCUT2D eigenvalue weighted by Gasteiger charge is 2.38. The Morgan fingerprint density at radius 3 is 2.77 bits per heavy atom. The molecule has 1 N–H and O–H groups in total. The Labute approximate surface area is 160 Å². The Morgan fingerprint density at radius 1 is 1.31 bits per heavy atom. The minimum absolute atomic E-state index is 0.0482. The van der Waals surface area contributed by atoms with Gasteiger partial charge in [-0.3, -0.25) is 19.5 Å². The zero-order valence-corrected chi connectivity index (χ0v) is 15.3. The molecule has 1 aliphatic rings. The third-order valence-corrected chi connectivity index (χ3v) is 4.34. The Kier molecular flexibility index (Phi) is 5.75. The number of thiocarbonyl (C=S) groups is 1. The van der Waals surface area contributed by atoms with Gasteiger partial charge in [0, 0.05) is 36.7 Å². The van der Waals surface area contributed by atoms with E-state index in [1.54, 1.807) is 36.8 Å². The van der Waals surface area contributed by atoms with Gasteiger partial charge in [-0.25, -0.2) is 4.98 Å².